The fraction of sp³-hybridized carbons (Fsp3) is 0.455. The van der Waals surface area contributed by atoms with Gasteiger partial charge in [-0.15, -0.1) is 0 Å². The summed E-state index contributed by atoms with van der Waals surface area (Å²) in [7, 11) is -1.54. The van der Waals surface area contributed by atoms with Gasteiger partial charge in [-0.1, -0.05) is 30.3 Å². The first-order chi connectivity index (χ1) is 14.1. The first-order valence-corrected chi connectivity index (χ1v) is 11.9. The zero-order valence-corrected chi connectivity index (χ0v) is 17.6. The van der Waals surface area contributed by atoms with Crippen LogP contribution in [0.15, 0.2) is 48.5 Å². The average molecular weight is 416 g/mol. The quantitative estimate of drug-likeness (QED) is 0.759. The second-order valence-corrected chi connectivity index (χ2v) is 9.72. The highest BCUT2D eigenvalue weighted by Crippen LogP contribution is 2.30. The smallest absolute Gasteiger partial charge is 0.235 e. The highest BCUT2D eigenvalue weighted by atomic mass is 32.2. The number of rotatable bonds is 6. The van der Waals surface area contributed by atoms with Gasteiger partial charge in [0.15, 0.2) is 0 Å². The van der Waals surface area contributed by atoms with E-state index in [9.17, 15) is 8.42 Å². The first-order valence-electron chi connectivity index (χ1n) is 10.3. The summed E-state index contributed by atoms with van der Waals surface area (Å²) in [5, 5.41) is 7.33. The van der Waals surface area contributed by atoms with Crippen LogP contribution in [0.1, 0.15) is 36.4 Å². The minimum atomic E-state index is -3.19. The van der Waals surface area contributed by atoms with Crippen molar-refractivity contribution in [3.63, 3.8) is 0 Å². The van der Waals surface area contributed by atoms with Crippen LogP contribution >= 0.6 is 0 Å². The van der Waals surface area contributed by atoms with Gasteiger partial charge in [0.1, 0.15) is 5.75 Å². The molecule has 2 heterocycles. The lowest BCUT2D eigenvalue weighted by molar-refractivity contribution is 0.303. The van der Waals surface area contributed by atoms with E-state index in [1.807, 2.05) is 24.3 Å². The Morgan fingerprint density at radius 1 is 1.17 bits per heavy atom. The third-order valence-corrected chi connectivity index (χ3v) is 7.69. The summed E-state index contributed by atoms with van der Waals surface area (Å²) in [6, 6.07) is 16.7. The molecule has 156 valence electrons. The van der Waals surface area contributed by atoms with Crippen molar-refractivity contribution in [2.45, 2.75) is 37.9 Å². The number of hydrogen-bond acceptors (Lipinski definition) is 5. The number of nitrogens with one attached hydrogen (secondary N) is 2. The molecule has 2 N–H and O–H groups in total. The summed E-state index contributed by atoms with van der Waals surface area (Å²) < 4.78 is 31.7. The van der Waals surface area contributed by atoms with Crippen LogP contribution in [0.25, 0.3) is 0 Å². The molecule has 2 atom stereocenters. The summed E-state index contributed by atoms with van der Waals surface area (Å²) in [6.45, 7) is 2.19. The Labute approximate surface area is 173 Å². The van der Waals surface area contributed by atoms with Crippen LogP contribution in [0.4, 0.5) is 5.69 Å². The van der Waals surface area contributed by atoms with Crippen molar-refractivity contribution in [1.29, 1.82) is 0 Å². The van der Waals surface area contributed by atoms with E-state index in [4.69, 9.17) is 4.74 Å². The van der Waals surface area contributed by atoms with Gasteiger partial charge in [-0.3, -0.25) is 4.31 Å². The Morgan fingerprint density at radius 2 is 2.00 bits per heavy atom. The number of anilines is 1. The van der Waals surface area contributed by atoms with Crippen LogP contribution in [-0.4, -0.2) is 40.4 Å². The average Bonchev–Trinajstić information content (AvgIpc) is 3.12. The maximum atomic E-state index is 12.3. The Hall–Kier alpha value is -2.09. The molecule has 2 aliphatic rings. The zero-order chi connectivity index (χ0) is 20.3. The molecule has 2 unspecified atom stereocenters. The Morgan fingerprint density at radius 3 is 2.72 bits per heavy atom. The van der Waals surface area contributed by atoms with E-state index in [0.717, 1.165) is 36.4 Å². The van der Waals surface area contributed by atoms with Gasteiger partial charge in [0.05, 0.1) is 18.6 Å². The van der Waals surface area contributed by atoms with Crippen molar-refractivity contribution in [2.75, 3.05) is 30.3 Å². The lowest BCUT2D eigenvalue weighted by Gasteiger charge is -2.34. The van der Waals surface area contributed by atoms with Crippen molar-refractivity contribution < 1.29 is 13.2 Å². The molecule has 0 bridgehead atoms. The number of benzene rings is 2. The Bertz CT molecular complexity index is 934. The third-order valence-electron chi connectivity index (χ3n) is 5.82. The monoisotopic (exact) mass is 415 g/mol. The van der Waals surface area contributed by atoms with Gasteiger partial charge in [-0.05, 0) is 49.6 Å². The number of methoxy groups -OCH3 is 1. The number of nitrogens with zero attached hydrogens (tertiary/aromatic N) is 1. The normalized spacial score (nSPS) is 23.8. The number of ether oxygens (including phenoxy) is 1. The van der Waals surface area contributed by atoms with E-state index >= 15 is 0 Å². The molecule has 0 radical (unpaired) electrons. The molecule has 4 rings (SSSR count). The van der Waals surface area contributed by atoms with Gasteiger partial charge >= 0.3 is 0 Å². The van der Waals surface area contributed by atoms with Gasteiger partial charge in [-0.2, -0.15) is 0 Å². The van der Waals surface area contributed by atoms with Crippen LogP contribution in [-0.2, 0) is 16.6 Å². The molecule has 0 saturated carbocycles. The maximum absolute atomic E-state index is 12.3. The van der Waals surface area contributed by atoms with Gasteiger partial charge in [0, 0.05) is 30.7 Å². The van der Waals surface area contributed by atoms with E-state index in [0.29, 0.717) is 25.6 Å². The van der Waals surface area contributed by atoms with E-state index in [-0.39, 0.29) is 11.8 Å². The van der Waals surface area contributed by atoms with Crippen molar-refractivity contribution >= 4 is 15.7 Å². The topological polar surface area (TPSA) is 70.7 Å². The predicted molar refractivity (Wildman–Crippen MR) is 116 cm³/mol. The summed E-state index contributed by atoms with van der Waals surface area (Å²) >= 11 is 0. The van der Waals surface area contributed by atoms with Gasteiger partial charge < -0.3 is 15.4 Å². The highest BCUT2D eigenvalue weighted by molar-refractivity contribution is 7.93. The van der Waals surface area contributed by atoms with Gasteiger partial charge in [0.2, 0.25) is 10.0 Å². The van der Waals surface area contributed by atoms with Gasteiger partial charge in [0.25, 0.3) is 0 Å². The molecule has 0 aliphatic carbocycles. The Balaban J connectivity index is 1.53. The van der Waals surface area contributed by atoms with Crippen LogP contribution in [0, 0.1) is 0 Å². The molecule has 0 aromatic heterocycles. The zero-order valence-electron chi connectivity index (χ0n) is 16.8. The molecule has 2 aromatic rings. The van der Waals surface area contributed by atoms with Crippen molar-refractivity contribution in [1.82, 2.24) is 10.6 Å². The molecule has 29 heavy (non-hydrogen) atoms. The molecule has 2 saturated heterocycles. The standard InChI is InChI=1S/C22H29N3O3S/c1-28-21-11-10-19(25-13-6-14-29(25,26)27)15-18(21)16-24-20-9-5-12-23-22(20)17-7-3-2-4-8-17/h2-4,7-8,10-11,15,20,22-24H,5-6,9,12-14,16H2,1H3. The molecule has 2 aliphatic heterocycles. The minimum absolute atomic E-state index is 0.221. The molecule has 0 amide bonds. The van der Waals surface area contributed by atoms with Crippen molar-refractivity contribution in [3.05, 3.63) is 59.7 Å². The molecule has 2 fully saturated rings. The Kier molecular flexibility index (Phi) is 6.08. The first kappa shape index (κ1) is 20.2. The minimum Gasteiger partial charge on any atom is -0.496 e. The summed E-state index contributed by atoms with van der Waals surface area (Å²) in [5.41, 5.74) is 2.99. The second-order valence-electron chi connectivity index (χ2n) is 7.71. The summed E-state index contributed by atoms with van der Waals surface area (Å²) in [6.07, 6.45) is 2.90. The summed E-state index contributed by atoms with van der Waals surface area (Å²) in [4.78, 5) is 0. The van der Waals surface area contributed by atoms with Crippen molar-refractivity contribution in [3.8, 4) is 5.75 Å². The molecule has 6 nitrogen and oxygen atoms in total. The van der Waals surface area contributed by atoms with E-state index < -0.39 is 10.0 Å². The van der Waals surface area contributed by atoms with E-state index in [1.165, 1.54) is 9.87 Å². The lowest BCUT2D eigenvalue weighted by Crippen LogP contribution is -2.45. The molecular weight excluding hydrogens is 386 g/mol. The fourth-order valence-electron chi connectivity index (χ4n) is 4.35. The largest absolute Gasteiger partial charge is 0.496 e. The number of piperidine rings is 1. The number of sulfonamides is 1. The van der Waals surface area contributed by atoms with Crippen LogP contribution in [0.3, 0.4) is 0 Å². The van der Waals surface area contributed by atoms with Crippen LogP contribution < -0.4 is 19.7 Å². The number of hydrogen-bond donors (Lipinski definition) is 2. The predicted octanol–water partition coefficient (Wildman–Crippen LogP) is 2.82. The second kappa shape index (κ2) is 8.73. The lowest BCUT2D eigenvalue weighted by atomic mass is 9.92. The van der Waals surface area contributed by atoms with Crippen molar-refractivity contribution in [2.24, 2.45) is 0 Å². The third kappa shape index (κ3) is 4.42. The fourth-order valence-corrected chi connectivity index (χ4v) is 5.90. The molecule has 0 spiro atoms. The summed E-state index contributed by atoms with van der Waals surface area (Å²) in [5.74, 6) is 0.997. The van der Waals surface area contributed by atoms with Crippen LogP contribution in [0.2, 0.25) is 0 Å². The molecule has 2 aromatic carbocycles. The molecular formula is C22H29N3O3S. The van der Waals surface area contributed by atoms with E-state index in [2.05, 4.69) is 34.9 Å². The van der Waals surface area contributed by atoms with Crippen LogP contribution in [0.5, 0.6) is 5.75 Å². The SMILES string of the molecule is COc1ccc(N2CCCS2(=O)=O)cc1CNC1CCCNC1c1ccccc1. The maximum Gasteiger partial charge on any atom is 0.235 e. The van der Waals surface area contributed by atoms with Gasteiger partial charge in [-0.25, -0.2) is 8.42 Å². The highest BCUT2D eigenvalue weighted by Gasteiger charge is 2.29. The van der Waals surface area contributed by atoms with E-state index in [1.54, 1.807) is 7.11 Å². The molecule has 7 heteroatoms.